The van der Waals surface area contributed by atoms with Crippen LogP contribution in [-0.2, 0) is 0 Å². The lowest BCUT2D eigenvalue weighted by Crippen LogP contribution is -2.20. The van der Waals surface area contributed by atoms with E-state index in [2.05, 4.69) is 6.92 Å². The quantitative estimate of drug-likeness (QED) is 0.416. The molecule has 0 amide bonds. The van der Waals surface area contributed by atoms with Gasteiger partial charge in [-0.3, -0.25) is 0 Å². The summed E-state index contributed by atoms with van der Waals surface area (Å²) in [6.45, 7) is 2.28. The Bertz CT molecular complexity index is 366. The molecule has 20 heavy (non-hydrogen) atoms. The molecule has 0 saturated carbocycles. The van der Waals surface area contributed by atoms with Crippen molar-refractivity contribution < 1.29 is 4.39 Å². The number of benzene rings is 1. The van der Waals surface area contributed by atoms with Gasteiger partial charge in [0.2, 0.25) is 0 Å². The van der Waals surface area contributed by atoms with E-state index in [9.17, 15) is 4.39 Å². The maximum absolute atomic E-state index is 12.9. The summed E-state index contributed by atoms with van der Waals surface area (Å²) in [5.41, 5.74) is 1.36. The standard InChI is InChI=1S/C18H28FSi/c1-2-3-4-5-6-13-20-14-11-17(12-15-20)16-7-9-18(19)10-8-16/h7-10,17H,2-6,11-15H2,1H3. The first-order valence-electron chi connectivity index (χ1n) is 8.38. The van der Waals surface area contributed by atoms with E-state index in [0.29, 0.717) is 5.92 Å². The third-order valence-electron chi connectivity index (χ3n) is 4.67. The van der Waals surface area contributed by atoms with Crippen LogP contribution in [0.4, 0.5) is 4.39 Å². The fraction of sp³-hybridized carbons (Fsp3) is 0.667. The highest BCUT2D eigenvalue weighted by molar-refractivity contribution is 6.59. The summed E-state index contributed by atoms with van der Waals surface area (Å²) >= 11 is 0. The Kier molecular flexibility index (Phi) is 6.78. The Morgan fingerprint density at radius 2 is 1.65 bits per heavy atom. The third-order valence-corrected chi connectivity index (χ3v) is 7.72. The van der Waals surface area contributed by atoms with Crippen molar-refractivity contribution in [3.63, 3.8) is 0 Å². The Morgan fingerprint density at radius 3 is 2.30 bits per heavy atom. The Balaban J connectivity index is 1.66. The molecular weight excluding hydrogens is 263 g/mol. The normalized spacial score (nSPS) is 17.5. The Morgan fingerprint density at radius 1 is 1.00 bits per heavy atom. The minimum absolute atomic E-state index is 0.0568. The van der Waals surface area contributed by atoms with E-state index in [0.717, 1.165) is 0 Å². The minimum Gasteiger partial charge on any atom is -0.207 e. The van der Waals surface area contributed by atoms with Gasteiger partial charge in [0, 0.05) is 8.80 Å². The molecule has 0 unspecified atom stereocenters. The molecular formula is C18H28FSi. The zero-order valence-electron chi connectivity index (χ0n) is 12.8. The lowest BCUT2D eigenvalue weighted by atomic mass is 9.93. The van der Waals surface area contributed by atoms with E-state index in [1.807, 2.05) is 12.1 Å². The summed E-state index contributed by atoms with van der Waals surface area (Å²) in [4.78, 5) is 0. The van der Waals surface area contributed by atoms with E-state index >= 15 is 0 Å². The number of unbranched alkanes of at least 4 members (excludes halogenated alkanes) is 4. The van der Waals surface area contributed by atoms with Gasteiger partial charge in [-0.15, -0.1) is 0 Å². The predicted octanol–water partition coefficient (Wildman–Crippen LogP) is 6.17. The second-order valence-corrected chi connectivity index (χ2v) is 9.24. The monoisotopic (exact) mass is 291 g/mol. The molecule has 1 radical (unpaired) electrons. The van der Waals surface area contributed by atoms with Crippen LogP contribution in [0.25, 0.3) is 0 Å². The fourth-order valence-electron chi connectivity index (χ4n) is 3.32. The van der Waals surface area contributed by atoms with Crippen LogP contribution in [-0.4, -0.2) is 8.80 Å². The van der Waals surface area contributed by atoms with Gasteiger partial charge >= 0.3 is 0 Å². The van der Waals surface area contributed by atoms with E-state index in [-0.39, 0.29) is 14.6 Å². The van der Waals surface area contributed by atoms with Crippen molar-refractivity contribution in [2.75, 3.05) is 0 Å². The van der Waals surface area contributed by atoms with E-state index in [1.54, 1.807) is 12.1 Å². The number of hydrogen-bond acceptors (Lipinski definition) is 0. The first kappa shape index (κ1) is 15.8. The van der Waals surface area contributed by atoms with Crippen molar-refractivity contribution >= 4 is 8.80 Å². The van der Waals surface area contributed by atoms with Crippen molar-refractivity contribution in [2.24, 2.45) is 0 Å². The van der Waals surface area contributed by atoms with Gasteiger partial charge in [0.15, 0.2) is 0 Å². The van der Waals surface area contributed by atoms with Crippen molar-refractivity contribution in [1.82, 2.24) is 0 Å². The molecule has 0 spiro atoms. The van der Waals surface area contributed by atoms with Crippen molar-refractivity contribution in [1.29, 1.82) is 0 Å². The zero-order chi connectivity index (χ0) is 14.2. The van der Waals surface area contributed by atoms with Gasteiger partial charge in [0.1, 0.15) is 5.82 Å². The van der Waals surface area contributed by atoms with Crippen LogP contribution >= 0.6 is 0 Å². The maximum Gasteiger partial charge on any atom is 0.123 e. The highest BCUT2D eigenvalue weighted by atomic mass is 28.3. The Hall–Kier alpha value is -0.633. The number of hydrogen-bond donors (Lipinski definition) is 0. The summed E-state index contributed by atoms with van der Waals surface area (Å²) in [6.07, 6.45) is 9.79. The van der Waals surface area contributed by atoms with Crippen LogP contribution in [0, 0.1) is 5.82 Å². The minimum atomic E-state index is -0.110. The van der Waals surface area contributed by atoms with E-state index in [1.165, 1.54) is 68.6 Å². The lowest BCUT2D eigenvalue weighted by Gasteiger charge is -2.27. The summed E-state index contributed by atoms with van der Waals surface area (Å²) in [6, 6.07) is 11.7. The molecule has 1 heterocycles. The van der Waals surface area contributed by atoms with Gasteiger partial charge < -0.3 is 0 Å². The molecule has 0 atom stereocenters. The van der Waals surface area contributed by atoms with Crippen LogP contribution in [0.1, 0.15) is 63.4 Å². The lowest BCUT2D eigenvalue weighted by molar-refractivity contribution is 0.593. The maximum atomic E-state index is 12.9. The molecule has 111 valence electrons. The molecule has 1 aromatic rings. The highest BCUT2D eigenvalue weighted by Gasteiger charge is 2.23. The van der Waals surface area contributed by atoms with Crippen LogP contribution in [0.15, 0.2) is 24.3 Å². The predicted molar refractivity (Wildman–Crippen MR) is 87.3 cm³/mol. The summed E-state index contributed by atoms with van der Waals surface area (Å²) < 4.78 is 12.9. The van der Waals surface area contributed by atoms with Gasteiger partial charge in [-0.05, 0) is 36.5 Å². The molecule has 0 nitrogen and oxygen atoms in total. The third kappa shape index (κ3) is 5.04. The highest BCUT2D eigenvalue weighted by Crippen LogP contribution is 2.35. The van der Waals surface area contributed by atoms with Gasteiger partial charge in [-0.25, -0.2) is 4.39 Å². The van der Waals surface area contributed by atoms with Gasteiger partial charge in [-0.2, -0.15) is 0 Å². The molecule has 1 aliphatic rings. The number of rotatable bonds is 7. The van der Waals surface area contributed by atoms with Crippen molar-refractivity contribution in [2.45, 2.75) is 75.9 Å². The molecule has 0 N–H and O–H groups in total. The molecule has 1 aromatic carbocycles. The van der Waals surface area contributed by atoms with Crippen molar-refractivity contribution in [3.05, 3.63) is 35.6 Å². The zero-order valence-corrected chi connectivity index (χ0v) is 13.8. The van der Waals surface area contributed by atoms with E-state index < -0.39 is 0 Å². The SMILES string of the molecule is CCCCCCC[Si]1CCC(c2ccc(F)cc2)CC1. The van der Waals surface area contributed by atoms with Crippen LogP contribution in [0.5, 0.6) is 0 Å². The summed E-state index contributed by atoms with van der Waals surface area (Å²) in [5.74, 6) is 0.589. The average molecular weight is 292 g/mol. The largest absolute Gasteiger partial charge is 0.207 e. The average Bonchev–Trinajstić information content (AvgIpc) is 2.49. The first-order chi connectivity index (χ1) is 9.79. The molecule has 0 bridgehead atoms. The molecule has 0 aromatic heterocycles. The molecule has 2 heteroatoms. The second-order valence-electron chi connectivity index (χ2n) is 6.24. The van der Waals surface area contributed by atoms with Crippen molar-refractivity contribution in [3.8, 4) is 0 Å². The molecule has 1 saturated heterocycles. The van der Waals surface area contributed by atoms with Crippen LogP contribution in [0.2, 0.25) is 18.1 Å². The fourth-order valence-corrected chi connectivity index (χ4v) is 6.34. The molecule has 1 fully saturated rings. The topological polar surface area (TPSA) is 0 Å². The molecule has 1 aliphatic heterocycles. The van der Waals surface area contributed by atoms with Crippen LogP contribution in [0.3, 0.4) is 0 Å². The summed E-state index contributed by atoms with van der Waals surface area (Å²) in [7, 11) is -0.0568. The van der Waals surface area contributed by atoms with Gasteiger partial charge in [0.05, 0.1) is 0 Å². The smallest absolute Gasteiger partial charge is 0.123 e. The van der Waals surface area contributed by atoms with Crippen LogP contribution < -0.4 is 0 Å². The van der Waals surface area contributed by atoms with Gasteiger partial charge in [0.25, 0.3) is 0 Å². The second kappa shape index (κ2) is 8.61. The Labute approximate surface area is 125 Å². The first-order valence-corrected chi connectivity index (χ1v) is 10.5. The van der Waals surface area contributed by atoms with E-state index in [4.69, 9.17) is 0 Å². The van der Waals surface area contributed by atoms with Gasteiger partial charge in [-0.1, -0.05) is 69.3 Å². The summed E-state index contributed by atoms with van der Waals surface area (Å²) in [5, 5.41) is 0. The molecule has 2 rings (SSSR count). The molecule has 0 aliphatic carbocycles. The number of halogens is 1.